The second-order valence-electron chi connectivity index (χ2n) is 7.63. The molecule has 0 saturated heterocycles. The average Bonchev–Trinajstić information content (AvgIpc) is 2.88. The largest absolute Gasteiger partial charge is 0.478 e. The van der Waals surface area contributed by atoms with E-state index in [1.807, 2.05) is 7.05 Å². The quantitative estimate of drug-likeness (QED) is 0.495. The summed E-state index contributed by atoms with van der Waals surface area (Å²) >= 11 is 0. The minimum absolute atomic E-state index is 0.000790. The molecule has 1 aromatic heterocycles. The van der Waals surface area contributed by atoms with Crippen molar-refractivity contribution >= 4 is 17.8 Å². The smallest absolute Gasteiger partial charge is 0.328 e. The molecule has 0 spiro atoms. The fraction of sp³-hybridized carbons (Fsp3) is 0.565. The molecule has 32 heavy (non-hydrogen) atoms. The van der Waals surface area contributed by atoms with E-state index in [1.54, 1.807) is 23.2 Å². The lowest BCUT2D eigenvalue weighted by Crippen LogP contribution is -2.37. The molecule has 1 aromatic rings. The van der Waals surface area contributed by atoms with E-state index in [0.717, 1.165) is 26.1 Å². The first-order valence-corrected chi connectivity index (χ1v) is 11.0. The monoisotopic (exact) mass is 449 g/mol. The lowest BCUT2D eigenvalue weighted by atomic mass is 10.2. The molecule has 1 unspecified atom stereocenters. The Balaban J connectivity index is 0.000000547. The number of ether oxygens (including phenoxy) is 1. The number of likely N-dealkylation sites (N-methyl/N-ethyl adjacent to an activating group) is 1. The Morgan fingerprint density at radius 3 is 2.28 bits per heavy atom. The fourth-order valence-electron chi connectivity index (χ4n) is 3.15. The Hall–Kier alpha value is -2.94. The van der Waals surface area contributed by atoms with Gasteiger partial charge in [0.05, 0.1) is 6.54 Å². The molecule has 178 valence electrons. The van der Waals surface area contributed by atoms with Crippen LogP contribution in [0, 0.1) is 0 Å². The van der Waals surface area contributed by atoms with Crippen LogP contribution in [0.3, 0.4) is 0 Å². The van der Waals surface area contributed by atoms with E-state index in [-0.39, 0.29) is 12.0 Å². The van der Waals surface area contributed by atoms with Crippen molar-refractivity contribution in [3.8, 4) is 5.88 Å². The van der Waals surface area contributed by atoms with E-state index in [4.69, 9.17) is 14.9 Å². The summed E-state index contributed by atoms with van der Waals surface area (Å²) in [6, 6.07) is 3.57. The van der Waals surface area contributed by atoms with E-state index < -0.39 is 11.9 Å². The first-order chi connectivity index (χ1) is 15.3. The number of aromatic nitrogens is 1. The standard InChI is InChI=1S/C19H31N3O2.C4H4O4/c1-4-6-12-22(13-7-5-2)14-10-16-15-21(3)19(23)17-9-8-11-20-18(17)24-16;5-3(6)1-2-4(7)8/h8-9,11,16H,4-7,10,12-15H2,1-3H3;1-2H,(H,5,6)(H,7,8). The number of carboxylic acid groups (broad SMARTS) is 2. The summed E-state index contributed by atoms with van der Waals surface area (Å²) in [4.78, 5) is 40.0. The normalized spacial score (nSPS) is 15.6. The van der Waals surface area contributed by atoms with Gasteiger partial charge in [0.1, 0.15) is 11.7 Å². The van der Waals surface area contributed by atoms with Gasteiger partial charge in [0.25, 0.3) is 5.91 Å². The topological polar surface area (TPSA) is 120 Å². The van der Waals surface area contributed by atoms with Gasteiger partial charge in [0.2, 0.25) is 5.88 Å². The van der Waals surface area contributed by atoms with Crippen LogP contribution < -0.4 is 4.74 Å². The number of carbonyl (C=O) groups is 3. The van der Waals surface area contributed by atoms with Crippen LogP contribution in [0.1, 0.15) is 56.3 Å². The number of nitrogens with zero attached hydrogens (tertiary/aromatic N) is 3. The lowest BCUT2D eigenvalue weighted by Gasteiger charge is -2.26. The Kier molecular flexibility index (Phi) is 12.7. The highest BCUT2D eigenvalue weighted by Crippen LogP contribution is 2.22. The Bertz CT molecular complexity index is 744. The molecule has 0 aliphatic carbocycles. The summed E-state index contributed by atoms with van der Waals surface area (Å²) in [6.07, 6.45) is 8.63. The maximum absolute atomic E-state index is 12.4. The van der Waals surface area contributed by atoms with Crippen LogP contribution in [0.4, 0.5) is 0 Å². The van der Waals surface area contributed by atoms with Gasteiger partial charge in [0, 0.05) is 31.9 Å². The molecule has 2 N–H and O–H groups in total. The summed E-state index contributed by atoms with van der Waals surface area (Å²) in [6.45, 7) is 8.38. The van der Waals surface area contributed by atoms with Crippen molar-refractivity contribution in [1.29, 1.82) is 0 Å². The van der Waals surface area contributed by atoms with Crippen molar-refractivity contribution in [2.24, 2.45) is 0 Å². The van der Waals surface area contributed by atoms with Gasteiger partial charge in [-0.1, -0.05) is 26.7 Å². The van der Waals surface area contributed by atoms with E-state index in [9.17, 15) is 14.4 Å². The number of carboxylic acids is 2. The summed E-state index contributed by atoms with van der Waals surface area (Å²) in [5.74, 6) is -2.04. The SMILES string of the molecule is CCCCN(CCCC)CCC1CN(C)C(=O)c2cccnc2O1.O=C(O)C=CC(=O)O. The third kappa shape index (κ3) is 10.4. The molecule has 0 aromatic carbocycles. The van der Waals surface area contributed by atoms with Gasteiger partial charge in [-0.3, -0.25) is 4.79 Å². The van der Waals surface area contributed by atoms with E-state index in [1.165, 1.54) is 25.7 Å². The van der Waals surface area contributed by atoms with Gasteiger partial charge < -0.3 is 24.7 Å². The van der Waals surface area contributed by atoms with Gasteiger partial charge >= 0.3 is 11.9 Å². The fourth-order valence-corrected chi connectivity index (χ4v) is 3.15. The molecular formula is C23H35N3O6. The molecular weight excluding hydrogens is 414 g/mol. The van der Waals surface area contributed by atoms with Gasteiger partial charge in [-0.05, 0) is 44.5 Å². The number of hydrogen-bond donors (Lipinski definition) is 2. The predicted octanol–water partition coefficient (Wildman–Crippen LogP) is 2.92. The van der Waals surface area contributed by atoms with Gasteiger partial charge in [-0.15, -0.1) is 0 Å². The van der Waals surface area contributed by atoms with Crippen LogP contribution in [0.25, 0.3) is 0 Å². The number of hydrogen-bond acceptors (Lipinski definition) is 6. The molecule has 1 aliphatic heterocycles. The maximum Gasteiger partial charge on any atom is 0.328 e. The second kappa shape index (κ2) is 15.0. The van der Waals surface area contributed by atoms with Crippen molar-refractivity contribution in [2.45, 2.75) is 52.1 Å². The van der Waals surface area contributed by atoms with Crippen LogP contribution in [-0.4, -0.2) is 82.2 Å². The van der Waals surface area contributed by atoms with Crippen molar-refractivity contribution in [2.75, 3.05) is 33.2 Å². The summed E-state index contributed by atoms with van der Waals surface area (Å²) in [5, 5.41) is 15.6. The highest BCUT2D eigenvalue weighted by Gasteiger charge is 2.27. The third-order valence-corrected chi connectivity index (χ3v) is 4.90. The first kappa shape index (κ1) is 27.1. The Morgan fingerprint density at radius 2 is 1.75 bits per heavy atom. The van der Waals surface area contributed by atoms with Crippen LogP contribution in [-0.2, 0) is 9.59 Å². The number of amides is 1. The third-order valence-electron chi connectivity index (χ3n) is 4.90. The molecule has 1 atom stereocenters. The Morgan fingerprint density at radius 1 is 1.16 bits per heavy atom. The average molecular weight is 450 g/mol. The van der Waals surface area contributed by atoms with E-state index in [2.05, 4.69) is 23.7 Å². The van der Waals surface area contributed by atoms with Crippen LogP contribution in [0.2, 0.25) is 0 Å². The zero-order chi connectivity index (χ0) is 23.9. The number of carbonyl (C=O) groups excluding carboxylic acids is 1. The number of aliphatic carboxylic acids is 2. The number of pyridine rings is 1. The van der Waals surface area contributed by atoms with Gasteiger partial charge in [-0.2, -0.15) is 0 Å². The molecule has 2 heterocycles. The first-order valence-electron chi connectivity index (χ1n) is 11.0. The zero-order valence-corrected chi connectivity index (χ0v) is 19.2. The van der Waals surface area contributed by atoms with Crippen LogP contribution >= 0.6 is 0 Å². The number of unbranched alkanes of at least 4 members (excludes halogenated alkanes) is 2. The summed E-state index contributed by atoms with van der Waals surface area (Å²) < 4.78 is 6.06. The Labute approximate surface area is 189 Å². The summed E-state index contributed by atoms with van der Waals surface area (Å²) in [7, 11) is 1.84. The minimum atomic E-state index is -1.26. The highest BCUT2D eigenvalue weighted by atomic mass is 16.5. The van der Waals surface area contributed by atoms with Crippen LogP contribution in [0.5, 0.6) is 5.88 Å². The number of rotatable bonds is 11. The van der Waals surface area contributed by atoms with Crippen molar-refractivity contribution < 1.29 is 29.3 Å². The molecule has 0 fully saturated rings. The molecule has 2 rings (SSSR count). The van der Waals surface area contributed by atoms with Crippen molar-refractivity contribution in [1.82, 2.24) is 14.8 Å². The van der Waals surface area contributed by atoms with Crippen molar-refractivity contribution in [3.05, 3.63) is 36.0 Å². The van der Waals surface area contributed by atoms with Gasteiger partial charge in [-0.25, -0.2) is 14.6 Å². The van der Waals surface area contributed by atoms with E-state index >= 15 is 0 Å². The lowest BCUT2D eigenvalue weighted by molar-refractivity contribution is -0.134. The molecule has 9 heteroatoms. The molecule has 0 bridgehead atoms. The zero-order valence-electron chi connectivity index (χ0n) is 19.2. The van der Waals surface area contributed by atoms with Crippen molar-refractivity contribution in [3.63, 3.8) is 0 Å². The minimum Gasteiger partial charge on any atom is -0.478 e. The number of fused-ring (bicyclic) bond motifs is 1. The molecule has 0 radical (unpaired) electrons. The summed E-state index contributed by atoms with van der Waals surface area (Å²) in [5.41, 5.74) is 0.566. The molecule has 9 nitrogen and oxygen atoms in total. The molecule has 1 amide bonds. The van der Waals surface area contributed by atoms with E-state index in [0.29, 0.717) is 30.1 Å². The highest BCUT2D eigenvalue weighted by molar-refractivity contribution is 5.96. The van der Waals surface area contributed by atoms with Crippen LogP contribution in [0.15, 0.2) is 30.5 Å². The predicted molar refractivity (Wildman–Crippen MR) is 121 cm³/mol. The van der Waals surface area contributed by atoms with Gasteiger partial charge in [0.15, 0.2) is 0 Å². The molecule has 0 saturated carbocycles. The second-order valence-corrected chi connectivity index (χ2v) is 7.63. The maximum atomic E-state index is 12.4. The molecule has 1 aliphatic rings.